The highest BCUT2D eigenvalue weighted by molar-refractivity contribution is 5.87. The molecule has 1 aromatic heterocycles. The lowest BCUT2D eigenvalue weighted by atomic mass is 9.99. The van der Waals surface area contributed by atoms with Gasteiger partial charge in [0.15, 0.2) is 11.5 Å². The summed E-state index contributed by atoms with van der Waals surface area (Å²) in [5.74, 6) is -1.82. The number of fused-ring (bicyclic) bond motifs is 1. The first-order valence-corrected chi connectivity index (χ1v) is 9.64. The number of carboxylic acids is 1. The molecule has 32 heavy (non-hydrogen) atoms. The molecule has 10 nitrogen and oxygen atoms in total. The highest BCUT2D eigenvalue weighted by atomic mass is 16.7. The highest BCUT2D eigenvalue weighted by Crippen LogP contribution is 2.37. The van der Waals surface area contributed by atoms with E-state index in [1.807, 2.05) is 0 Å². The molecule has 0 radical (unpaired) electrons. The second-order valence-electron chi connectivity index (χ2n) is 7.42. The molecule has 0 saturated carbocycles. The lowest BCUT2D eigenvalue weighted by Crippen LogP contribution is -2.61. The van der Waals surface area contributed by atoms with E-state index < -0.39 is 47.9 Å². The Morgan fingerprint density at radius 1 is 1.03 bits per heavy atom. The average molecular weight is 444 g/mol. The average Bonchev–Trinajstić information content (AvgIpc) is 2.77. The molecular formula is C22H20O10. The summed E-state index contributed by atoms with van der Waals surface area (Å²) < 4.78 is 16.4. The van der Waals surface area contributed by atoms with Gasteiger partial charge < -0.3 is 39.4 Å². The Kier molecular flexibility index (Phi) is 5.61. The van der Waals surface area contributed by atoms with Crippen molar-refractivity contribution in [1.82, 2.24) is 0 Å². The molecular weight excluding hydrogens is 424 g/mol. The molecule has 0 amide bonds. The monoisotopic (exact) mass is 444 g/mol. The fraction of sp³-hybridized carbons (Fsp3) is 0.273. The number of phenolic OH excluding ortho intramolecular Hbond substituents is 1. The van der Waals surface area contributed by atoms with Gasteiger partial charge in [-0.25, -0.2) is 4.79 Å². The number of ether oxygens (including phenoxy) is 2. The largest absolute Gasteiger partial charge is 0.507 e. The molecule has 5 atom stereocenters. The van der Waals surface area contributed by atoms with Gasteiger partial charge in [0.2, 0.25) is 6.29 Å². The van der Waals surface area contributed by atoms with Crippen LogP contribution in [0.1, 0.15) is 5.56 Å². The van der Waals surface area contributed by atoms with Gasteiger partial charge in [-0.2, -0.15) is 0 Å². The van der Waals surface area contributed by atoms with Crippen LogP contribution in [0.4, 0.5) is 0 Å². The lowest BCUT2D eigenvalue weighted by Gasteiger charge is -2.38. The van der Waals surface area contributed by atoms with Crippen LogP contribution in [-0.4, -0.2) is 62.2 Å². The standard InChI is InChI=1S/C22H20O10/c1-9-12(31-22-19(27)17(25)18(26)20(32-22)21(28)29)8-14-15(16(9)24)11(23)7-13(30-14)10-5-3-2-4-6-10/h2-8,17-20,22,24-27H,1H3,(H,28,29). The minimum absolute atomic E-state index is 0.0184. The predicted octanol–water partition coefficient (Wildman–Crippen LogP) is 0.745. The first kappa shape index (κ1) is 21.8. The van der Waals surface area contributed by atoms with Crippen LogP contribution in [0.5, 0.6) is 11.5 Å². The molecule has 0 spiro atoms. The van der Waals surface area contributed by atoms with Crippen molar-refractivity contribution in [2.24, 2.45) is 0 Å². The van der Waals surface area contributed by atoms with Crippen LogP contribution in [0, 0.1) is 6.92 Å². The van der Waals surface area contributed by atoms with E-state index in [1.54, 1.807) is 30.3 Å². The number of aliphatic hydroxyl groups is 3. The number of phenols is 1. The number of carboxylic acid groups (broad SMARTS) is 1. The molecule has 5 unspecified atom stereocenters. The van der Waals surface area contributed by atoms with E-state index in [0.717, 1.165) is 0 Å². The highest BCUT2D eigenvalue weighted by Gasteiger charge is 2.48. The number of benzene rings is 2. The van der Waals surface area contributed by atoms with Crippen molar-refractivity contribution in [3.63, 3.8) is 0 Å². The van der Waals surface area contributed by atoms with Gasteiger partial charge in [-0.05, 0) is 6.92 Å². The summed E-state index contributed by atoms with van der Waals surface area (Å²) in [6, 6.07) is 11.3. The number of carbonyl (C=O) groups is 1. The van der Waals surface area contributed by atoms with Gasteiger partial charge in [0, 0.05) is 23.3 Å². The van der Waals surface area contributed by atoms with Crippen LogP contribution >= 0.6 is 0 Å². The third-order valence-electron chi connectivity index (χ3n) is 5.31. The second kappa shape index (κ2) is 8.24. The molecule has 0 aliphatic carbocycles. The number of aromatic hydroxyl groups is 1. The summed E-state index contributed by atoms with van der Waals surface area (Å²) in [5, 5.41) is 49.7. The van der Waals surface area contributed by atoms with Crippen molar-refractivity contribution in [2.45, 2.75) is 37.6 Å². The Balaban J connectivity index is 1.77. The molecule has 1 aliphatic heterocycles. The van der Waals surface area contributed by atoms with Gasteiger partial charge >= 0.3 is 5.97 Å². The van der Waals surface area contributed by atoms with E-state index in [4.69, 9.17) is 13.9 Å². The van der Waals surface area contributed by atoms with Crippen LogP contribution in [0.3, 0.4) is 0 Å². The molecule has 2 aromatic carbocycles. The minimum atomic E-state index is -1.88. The number of hydrogen-bond donors (Lipinski definition) is 5. The summed E-state index contributed by atoms with van der Waals surface area (Å²) in [6.45, 7) is 1.43. The Morgan fingerprint density at radius 3 is 2.38 bits per heavy atom. The zero-order chi connectivity index (χ0) is 23.2. The van der Waals surface area contributed by atoms with Crippen molar-refractivity contribution >= 4 is 16.9 Å². The quantitative estimate of drug-likeness (QED) is 0.387. The number of rotatable bonds is 4. The summed E-state index contributed by atoms with van der Waals surface area (Å²) >= 11 is 0. The summed E-state index contributed by atoms with van der Waals surface area (Å²) in [6.07, 6.45) is -9.06. The minimum Gasteiger partial charge on any atom is -0.507 e. The van der Waals surface area contributed by atoms with E-state index in [0.29, 0.717) is 5.56 Å². The molecule has 2 heterocycles. The maximum atomic E-state index is 12.6. The zero-order valence-electron chi connectivity index (χ0n) is 16.7. The topological polar surface area (TPSA) is 167 Å². The van der Waals surface area contributed by atoms with Gasteiger partial charge in [0.1, 0.15) is 46.5 Å². The van der Waals surface area contributed by atoms with Gasteiger partial charge in [-0.3, -0.25) is 4.79 Å². The first-order chi connectivity index (χ1) is 15.2. The summed E-state index contributed by atoms with van der Waals surface area (Å²) in [4.78, 5) is 23.9. The molecule has 3 aromatic rings. The Hall–Kier alpha value is -3.44. The van der Waals surface area contributed by atoms with E-state index in [1.165, 1.54) is 19.1 Å². The van der Waals surface area contributed by atoms with E-state index in [9.17, 15) is 35.1 Å². The number of aliphatic carboxylic acids is 1. The molecule has 1 aliphatic rings. The number of hydrogen-bond acceptors (Lipinski definition) is 9. The van der Waals surface area contributed by atoms with Crippen molar-refractivity contribution < 1.29 is 44.2 Å². The summed E-state index contributed by atoms with van der Waals surface area (Å²) in [5.41, 5.74) is 0.216. The Bertz CT molecular complexity index is 1220. The third-order valence-corrected chi connectivity index (χ3v) is 5.31. The summed E-state index contributed by atoms with van der Waals surface area (Å²) in [7, 11) is 0. The predicted molar refractivity (Wildman–Crippen MR) is 109 cm³/mol. The van der Waals surface area contributed by atoms with Gasteiger partial charge in [0.25, 0.3) is 0 Å². The van der Waals surface area contributed by atoms with Crippen molar-refractivity contribution in [3.8, 4) is 22.8 Å². The Morgan fingerprint density at radius 2 is 1.72 bits per heavy atom. The molecule has 1 saturated heterocycles. The second-order valence-corrected chi connectivity index (χ2v) is 7.42. The van der Waals surface area contributed by atoms with E-state index >= 15 is 0 Å². The fourth-order valence-electron chi connectivity index (χ4n) is 3.52. The van der Waals surface area contributed by atoms with Crippen LogP contribution in [0.2, 0.25) is 0 Å². The van der Waals surface area contributed by atoms with Gasteiger partial charge in [-0.15, -0.1) is 0 Å². The number of aliphatic hydroxyl groups excluding tert-OH is 3. The maximum Gasteiger partial charge on any atom is 0.335 e. The fourth-order valence-corrected chi connectivity index (χ4v) is 3.52. The first-order valence-electron chi connectivity index (χ1n) is 9.64. The molecule has 0 bridgehead atoms. The van der Waals surface area contributed by atoms with Crippen molar-refractivity contribution in [3.05, 3.63) is 58.3 Å². The van der Waals surface area contributed by atoms with Crippen molar-refractivity contribution in [2.75, 3.05) is 0 Å². The van der Waals surface area contributed by atoms with E-state index in [-0.39, 0.29) is 28.0 Å². The molecule has 168 valence electrons. The Labute approximate surface area is 180 Å². The van der Waals surface area contributed by atoms with Crippen LogP contribution in [0.15, 0.2) is 51.7 Å². The van der Waals surface area contributed by atoms with Gasteiger partial charge in [0.05, 0.1) is 0 Å². The lowest BCUT2D eigenvalue weighted by molar-refractivity contribution is -0.271. The molecule has 4 rings (SSSR count). The van der Waals surface area contributed by atoms with Crippen LogP contribution < -0.4 is 10.2 Å². The van der Waals surface area contributed by atoms with Gasteiger partial charge in [-0.1, -0.05) is 30.3 Å². The van der Waals surface area contributed by atoms with E-state index in [2.05, 4.69) is 0 Å². The smallest absolute Gasteiger partial charge is 0.335 e. The zero-order valence-corrected chi connectivity index (χ0v) is 16.7. The maximum absolute atomic E-state index is 12.6. The SMILES string of the molecule is Cc1c(OC2OC(C(=O)O)C(O)C(O)C2O)cc2oc(-c3ccccc3)cc(=O)c2c1O. The van der Waals surface area contributed by atoms with Crippen molar-refractivity contribution in [1.29, 1.82) is 0 Å². The van der Waals surface area contributed by atoms with Crippen LogP contribution in [-0.2, 0) is 9.53 Å². The third kappa shape index (κ3) is 3.69. The normalized spacial score (nSPS) is 25.6. The molecule has 1 fully saturated rings. The molecule has 5 N–H and O–H groups in total. The molecule has 10 heteroatoms. The van der Waals surface area contributed by atoms with Crippen LogP contribution in [0.25, 0.3) is 22.3 Å².